The minimum atomic E-state index is -5.42. The van der Waals surface area contributed by atoms with Crippen LogP contribution in [0.3, 0.4) is 0 Å². The van der Waals surface area contributed by atoms with Gasteiger partial charge in [0.1, 0.15) is 0 Å². The van der Waals surface area contributed by atoms with Gasteiger partial charge in [-0.1, -0.05) is 0 Å². The minimum absolute atomic E-state index is 0. The minimum Gasteiger partial charge on any atom is -0.722 e. The maximum Gasteiger partial charge on any atom is 1.00 e. The van der Waals surface area contributed by atoms with Crippen LogP contribution in [0, 0.1) is 0 Å². The molecule has 0 radical (unpaired) electrons. The van der Waals surface area contributed by atoms with Gasteiger partial charge < -0.3 is 4.55 Å². The van der Waals surface area contributed by atoms with E-state index in [2.05, 4.69) is 0 Å². The van der Waals surface area contributed by atoms with Gasteiger partial charge >= 0.3 is 29.6 Å². The van der Waals surface area contributed by atoms with Crippen molar-refractivity contribution in [2.75, 3.05) is 0 Å². The predicted molar refractivity (Wildman–Crippen MR) is 10.8 cm³/mol. The van der Waals surface area contributed by atoms with Crippen LogP contribution in [0.2, 0.25) is 0 Å². The van der Waals surface area contributed by atoms with Crippen LogP contribution in [0.1, 0.15) is 0 Å². The fourth-order valence-corrected chi connectivity index (χ4v) is 0. The fourth-order valence-electron chi connectivity index (χ4n) is 0. The smallest absolute Gasteiger partial charge is 0.722 e. The summed E-state index contributed by atoms with van der Waals surface area (Å²) in [5.41, 5.74) is 0. The van der Waals surface area contributed by atoms with Crippen molar-refractivity contribution in [3.8, 4) is 0 Å². The average Bonchev–Trinajstić information content (AvgIpc) is 0.722. The Bertz CT molecular complexity index is 94.0. The van der Waals surface area contributed by atoms with Crippen molar-refractivity contribution in [2.24, 2.45) is 0 Å². The van der Waals surface area contributed by atoms with Crippen molar-refractivity contribution in [3.05, 3.63) is 0 Å². The Hall–Kier alpha value is 0.840. The Labute approximate surface area is 56.9 Å². The molecule has 0 aromatic rings. The first-order chi connectivity index (χ1) is 2.00. The molecular weight excluding hydrogens is 122 g/mol. The van der Waals surface area contributed by atoms with Gasteiger partial charge in [-0.05, 0) is 0 Å². The number of rotatable bonds is 0. The molecule has 0 atom stereocenters. The molecule has 0 unspecified atom stereocenters. The largest absolute Gasteiger partial charge is 1.00 e. The van der Waals surface area contributed by atoms with Crippen LogP contribution < -0.4 is 29.6 Å². The normalized spacial score (nSPS) is 9.67. The molecular formula is FNaO3S. The van der Waals surface area contributed by atoms with Crippen LogP contribution in [-0.2, 0) is 10.5 Å². The van der Waals surface area contributed by atoms with E-state index in [4.69, 9.17) is 13.0 Å². The van der Waals surface area contributed by atoms with Gasteiger partial charge in [0.2, 0.25) is 0 Å². The zero-order valence-electron chi connectivity index (χ0n) is 3.01. The van der Waals surface area contributed by atoms with Crippen LogP contribution in [0.4, 0.5) is 3.89 Å². The van der Waals surface area contributed by atoms with Gasteiger partial charge in [0.15, 0.2) is 0 Å². The molecule has 0 saturated heterocycles. The van der Waals surface area contributed by atoms with Crippen molar-refractivity contribution in [3.63, 3.8) is 0 Å². The van der Waals surface area contributed by atoms with Gasteiger partial charge in [0.25, 0.3) is 10.5 Å². The quantitative estimate of drug-likeness (QED) is 0.189. The summed E-state index contributed by atoms with van der Waals surface area (Å²) in [6.45, 7) is 0. The molecule has 0 spiro atoms. The molecule has 0 N–H and O–H groups in total. The van der Waals surface area contributed by atoms with Crippen molar-refractivity contribution >= 4 is 10.5 Å². The van der Waals surface area contributed by atoms with Gasteiger partial charge in [-0.25, -0.2) is 8.42 Å². The predicted octanol–water partition coefficient (Wildman–Crippen LogP) is -3.58. The Morgan fingerprint density at radius 1 is 1.50 bits per heavy atom. The molecule has 0 aliphatic heterocycles. The topological polar surface area (TPSA) is 57.2 Å². The Morgan fingerprint density at radius 2 is 1.50 bits per heavy atom. The molecule has 0 aromatic carbocycles. The molecule has 0 amide bonds. The first-order valence-electron chi connectivity index (χ1n) is 0.654. The monoisotopic (exact) mass is 122 g/mol. The summed E-state index contributed by atoms with van der Waals surface area (Å²) in [7, 11) is -5.42. The molecule has 0 rings (SSSR count). The van der Waals surface area contributed by atoms with E-state index in [0.717, 1.165) is 0 Å². The number of halogens is 1. The Balaban J connectivity index is 0. The molecule has 0 bridgehead atoms. The number of hydrogen-bond donors (Lipinski definition) is 0. The summed E-state index contributed by atoms with van der Waals surface area (Å²) in [6.07, 6.45) is 0. The fraction of sp³-hybridized carbons (Fsp3) is 0. The van der Waals surface area contributed by atoms with Crippen LogP contribution in [0.5, 0.6) is 0 Å². The summed E-state index contributed by atoms with van der Waals surface area (Å²) >= 11 is 0. The van der Waals surface area contributed by atoms with E-state index < -0.39 is 10.5 Å². The summed E-state index contributed by atoms with van der Waals surface area (Å²) in [5.74, 6) is 0. The third-order valence-corrected chi connectivity index (χ3v) is 0. The third-order valence-electron chi connectivity index (χ3n) is 0. The van der Waals surface area contributed by atoms with Crippen LogP contribution in [0.15, 0.2) is 0 Å². The summed E-state index contributed by atoms with van der Waals surface area (Å²) in [6, 6.07) is 0. The maximum atomic E-state index is 10.1. The molecule has 32 valence electrons. The molecule has 0 saturated carbocycles. The molecule has 0 aromatic heterocycles. The van der Waals surface area contributed by atoms with E-state index >= 15 is 0 Å². The van der Waals surface area contributed by atoms with Crippen LogP contribution >= 0.6 is 0 Å². The second-order valence-corrected chi connectivity index (χ2v) is 1.18. The van der Waals surface area contributed by atoms with Crippen molar-refractivity contribution in [1.82, 2.24) is 0 Å². The van der Waals surface area contributed by atoms with E-state index in [1.54, 1.807) is 0 Å². The zero-order chi connectivity index (χ0) is 4.50. The van der Waals surface area contributed by atoms with E-state index in [0.29, 0.717) is 0 Å². The third kappa shape index (κ3) is 101. The van der Waals surface area contributed by atoms with E-state index in [1.165, 1.54) is 0 Å². The van der Waals surface area contributed by atoms with Gasteiger partial charge in [0, 0.05) is 0 Å². The maximum absolute atomic E-state index is 10.1. The second-order valence-electron chi connectivity index (χ2n) is 0.393. The van der Waals surface area contributed by atoms with Gasteiger partial charge in [-0.3, -0.25) is 0 Å². The Kier molecular flexibility index (Phi) is 4.85. The molecule has 0 aliphatic carbocycles. The molecule has 3 nitrogen and oxygen atoms in total. The molecule has 0 heterocycles. The van der Waals surface area contributed by atoms with E-state index in [9.17, 15) is 3.89 Å². The molecule has 6 heavy (non-hydrogen) atoms. The van der Waals surface area contributed by atoms with Crippen LogP contribution in [0.25, 0.3) is 0 Å². The van der Waals surface area contributed by atoms with Crippen molar-refractivity contribution in [2.45, 2.75) is 0 Å². The second kappa shape index (κ2) is 2.92. The summed E-state index contributed by atoms with van der Waals surface area (Å²) < 4.78 is 35.3. The van der Waals surface area contributed by atoms with E-state index in [-0.39, 0.29) is 29.6 Å². The Morgan fingerprint density at radius 3 is 1.50 bits per heavy atom. The summed E-state index contributed by atoms with van der Waals surface area (Å²) in [5, 5.41) is 0. The standard InChI is InChI=1S/FHO3S.Na/c1-5(2,3)4;/h(H,2,3,4);/q;+1/p-1. The van der Waals surface area contributed by atoms with Gasteiger partial charge in [-0.15, -0.1) is 3.89 Å². The van der Waals surface area contributed by atoms with E-state index in [1.807, 2.05) is 0 Å². The SMILES string of the molecule is O=S(=O)([O-])F.[Na+]. The first-order valence-corrected chi connectivity index (χ1v) is 1.96. The van der Waals surface area contributed by atoms with Gasteiger partial charge in [-0.2, -0.15) is 0 Å². The molecule has 0 aliphatic rings. The summed E-state index contributed by atoms with van der Waals surface area (Å²) in [4.78, 5) is 0. The first kappa shape index (κ1) is 9.96. The van der Waals surface area contributed by atoms with Crippen LogP contribution in [-0.4, -0.2) is 13.0 Å². The average molecular weight is 122 g/mol. The van der Waals surface area contributed by atoms with Gasteiger partial charge in [0.05, 0.1) is 0 Å². The van der Waals surface area contributed by atoms with Crippen molar-refractivity contribution < 1.29 is 46.4 Å². The molecule has 6 heteroatoms. The molecule has 0 fully saturated rings. The zero-order valence-corrected chi connectivity index (χ0v) is 5.83. The van der Waals surface area contributed by atoms with Crippen molar-refractivity contribution in [1.29, 1.82) is 0 Å². The number of hydrogen-bond acceptors (Lipinski definition) is 3.